The molecule has 106 valence electrons. The van der Waals surface area contributed by atoms with Crippen LogP contribution in [0.15, 0.2) is 30.5 Å². The number of aromatic amines is 1. The smallest absolute Gasteiger partial charge is 0.256 e. The van der Waals surface area contributed by atoms with Crippen LogP contribution in [0.3, 0.4) is 0 Å². The number of H-pyrrole nitrogens is 1. The highest BCUT2D eigenvalue weighted by atomic mass is 16.3. The molecule has 1 aliphatic rings. The first-order valence-corrected chi connectivity index (χ1v) is 7.29. The molecule has 1 aromatic heterocycles. The maximum atomic E-state index is 12.8. The molecule has 1 amide bonds. The van der Waals surface area contributed by atoms with Gasteiger partial charge in [0, 0.05) is 18.1 Å². The standard InChI is InChI=1S/C16H20N2O2/c19-11-13-6-2-1-3-10-18(13)16(20)14-7-4-5-12-8-9-17-15(12)14/h4-5,7-9,13,17,19H,1-3,6,10-11H2. The fourth-order valence-electron chi connectivity index (χ4n) is 3.05. The summed E-state index contributed by atoms with van der Waals surface area (Å²) in [5, 5.41) is 10.6. The van der Waals surface area contributed by atoms with E-state index in [1.807, 2.05) is 35.4 Å². The van der Waals surface area contributed by atoms with Crippen LogP contribution in [0.5, 0.6) is 0 Å². The Bertz CT molecular complexity index is 605. The Morgan fingerprint density at radius 1 is 1.30 bits per heavy atom. The van der Waals surface area contributed by atoms with Gasteiger partial charge >= 0.3 is 0 Å². The van der Waals surface area contributed by atoms with E-state index in [-0.39, 0.29) is 18.6 Å². The van der Waals surface area contributed by atoms with Crippen molar-refractivity contribution in [3.63, 3.8) is 0 Å². The molecule has 1 saturated heterocycles. The van der Waals surface area contributed by atoms with Gasteiger partial charge in [0.1, 0.15) is 0 Å². The molecule has 1 unspecified atom stereocenters. The van der Waals surface area contributed by atoms with Gasteiger partial charge in [0.05, 0.1) is 23.7 Å². The normalized spacial score (nSPS) is 20.1. The molecule has 1 atom stereocenters. The highest BCUT2D eigenvalue weighted by Gasteiger charge is 2.26. The number of hydrogen-bond acceptors (Lipinski definition) is 2. The number of aliphatic hydroxyl groups is 1. The molecule has 4 nitrogen and oxygen atoms in total. The van der Waals surface area contributed by atoms with Gasteiger partial charge in [0.2, 0.25) is 0 Å². The largest absolute Gasteiger partial charge is 0.394 e. The van der Waals surface area contributed by atoms with Crippen LogP contribution in [0.1, 0.15) is 36.0 Å². The number of fused-ring (bicyclic) bond motifs is 1. The lowest BCUT2D eigenvalue weighted by Gasteiger charge is -2.28. The Hall–Kier alpha value is -1.81. The zero-order chi connectivity index (χ0) is 13.9. The Balaban J connectivity index is 1.96. The molecule has 1 fully saturated rings. The Labute approximate surface area is 118 Å². The van der Waals surface area contributed by atoms with Crippen molar-refractivity contribution in [3.05, 3.63) is 36.0 Å². The quantitative estimate of drug-likeness (QED) is 0.882. The van der Waals surface area contributed by atoms with Crippen molar-refractivity contribution in [2.24, 2.45) is 0 Å². The topological polar surface area (TPSA) is 56.3 Å². The van der Waals surface area contributed by atoms with Crippen molar-refractivity contribution in [1.82, 2.24) is 9.88 Å². The second-order valence-corrected chi connectivity index (χ2v) is 5.43. The number of aliphatic hydroxyl groups excluding tert-OH is 1. The van der Waals surface area contributed by atoms with Gasteiger partial charge in [0.15, 0.2) is 0 Å². The van der Waals surface area contributed by atoms with E-state index in [1.54, 1.807) is 0 Å². The third kappa shape index (κ3) is 2.31. The number of benzene rings is 1. The fourth-order valence-corrected chi connectivity index (χ4v) is 3.05. The molecule has 0 aliphatic carbocycles. The Morgan fingerprint density at radius 3 is 3.05 bits per heavy atom. The molecule has 1 aliphatic heterocycles. The SMILES string of the molecule is O=C(c1cccc2cc[nH]c12)N1CCCCCC1CO. The van der Waals surface area contributed by atoms with Crippen LogP contribution in [0.2, 0.25) is 0 Å². The van der Waals surface area contributed by atoms with Crippen molar-refractivity contribution >= 4 is 16.8 Å². The van der Waals surface area contributed by atoms with E-state index >= 15 is 0 Å². The van der Waals surface area contributed by atoms with Crippen molar-refractivity contribution in [1.29, 1.82) is 0 Å². The van der Waals surface area contributed by atoms with Crippen LogP contribution in [0.4, 0.5) is 0 Å². The van der Waals surface area contributed by atoms with E-state index < -0.39 is 0 Å². The van der Waals surface area contributed by atoms with Crippen LogP contribution in [0.25, 0.3) is 10.9 Å². The van der Waals surface area contributed by atoms with Gasteiger partial charge in [0.25, 0.3) is 5.91 Å². The van der Waals surface area contributed by atoms with Gasteiger partial charge < -0.3 is 15.0 Å². The van der Waals surface area contributed by atoms with Crippen LogP contribution in [-0.4, -0.2) is 40.1 Å². The van der Waals surface area contributed by atoms with Gasteiger partial charge in [-0.3, -0.25) is 4.79 Å². The summed E-state index contributed by atoms with van der Waals surface area (Å²) in [6.45, 7) is 0.785. The lowest BCUT2D eigenvalue weighted by Crippen LogP contribution is -2.42. The minimum atomic E-state index is -0.0461. The molecule has 2 aromatic rings. The van der Waals surface area contributed by atoms with Crippen molar-refractivity contribution in [2.75, 3.05) is 13.2 Å². The summed E-state index contributed by atoms with van der Waals surface area (Å²) in [6.07, 6.45) is 5.98. The first kappa shape index (κ1) is 13.2. The predicted octanol–water partition coefficient (Wildman–Crippen LogP) is 2.55. The number of nitrogens with one attached hydrogen (secondary N) is 1. The molecule has 20 heavy (non-hydrogen) atoms. The summed E-state index contributed by atoms with van der Waals surface area (Å²) in [4.78, 5) is 17.8. The Kier molecular flexibility index (Phi) is 3.74. The van der Waals surface area contributed by atoms with Crippen LogP contribution in [0, 0.1) is 0 Å². The minimum Gasteiger partial charge on any atom is -0.394 e. The van der Waals surface area contributed by atoms with E-state index in [1.165, 1.54) is 0 Å². The lowest BCUT2D eigenvalue weighted by atomic mass is 10.1. The second kappa shape index (κ2) is 5.67. The minimum absolute atomic E-state index is 0.0269. The number of para-hydroxylation sites is 1. The highest BCUT2D eigenvalue weighted by Crippen LogP contribution is 2.23. The maximum absolute atomic E-state index is 12.8. The molecule has 0 spiro atoms. The fraction of sp³-hybridized carbons (Fsp3) is 0.438. The molecule has 2 N–H and O–H groups in total. The number of likely N-dealkylation sites (tertiary alicyclic amines) is 1. The predicted molar refractivity (Wildman–Crippen MR) is 78.7 cm³/mol. The monoisotopic (exact) mass is 272 g/mol. The molecular weight excluding hydrogens is 252 g/mol. The van der Waals surface area contributed by atoms with Gasteiger partial charge in [-0.2, -0.15) is 0 Å². The molecule has 0 bridgehead atoms. The van der Waals surface area contributed by atoms with E-state index in [0.717, 1.165) is 43.1 Å². The van der Waals surface area contributed by atoms with Crippen LogP contribution in [-0.2, 0) is 0 Å². The van der Waals surface area contributed by atoms with Crippen molar-refractivity contribution in [3.8, 4) is 0 Å². The van der Waals surface area contributed by atoms with Crippen LogP contribution < -0.4 is 0 Å². The first-order chi connectivity index (χ1) is 9.81. The summed E-state index contributed by atoms with van der Waals surface area (Å²) in [7, 11) is 0. The summed E-state index contributed by atoms with van der Waals surface area (Å²) in [6, 6.07) is 7.69. The van der Waals surface area contributed by atoms with Gasteiger partial charge in [-0.15, -0.1) is 0 Å². The highest BCUT2D eigenvalue weighted by molar-refractivity contribution is 6.05. The van der Waals surface area contributed by atoms with E-state index in [9.17, 15) is 9.90 Å². The summed E-state index contributed by atoms with van der Waals surface area (Å²) >= 11 is 0. The number of aromatic nitrogens is 1. The van der Waals surface area contributed by atoms with Crippen molar-refractivity contribution < 1.29 is 9.90 Å². The second-order valence-electron chi connectivity index (χ2n) is 5.43. The summed E-state index contributed by atoms with van der Waals surface area (Å²) in [5.74, 6) is 0.0269. The van der Waals surface area contributed by atoms with Crippen molar-refractivity contribution in [2.45, 2.75) is 31.7 Å². The van der Waals surface area contributed by atoms with Gasteiger partial charge in [-0.1, -0.05) is 25.0 Å². The zero-order valence-electron chi connectivity index (χ0n) is 11.5. The number of hydrogen-bond donors (Lipinski definition) is 2. The summed E-state index contributed by atoms with van der Waals surface area (Å²) < 4.78 is 0. The third-order valence-electron chi connectivity index (χ3n) is 4.17. The molecular formula is C16H20N2O2. The lowest BCUT2D eigenvalue weighted by molar-refractivity contribution is 0.0601. The Morgan fingerprint density at radius 2 is 2.20 bits per heavy atom. The molecule has 1 aromatic carbocycles. The average Bonchev–Trinajstić information content (AvgIpc) is 2.83. The first-order valence-electron chi connectivity index (χ1n) is 7.29. The number of carbonyl (C=O) groups excluding carboxylic acids is 1. The molecule has 3 rings (SSSR count). The number of carbonyl (C=O) groups is 1. The third-order valence-corrected chi connectivity index (χ3v) is 4.17. The number of rotatable bonds is 2. The summed E-state index contributed by atoms with van der Waals surface area (Å²) in [5.41, 5.74) is 1.59. The number of nitrogens with zero attached hydrogens (tertiary/aromatic N) is 1. The molecule has 0 radical (unpaired) electrons. The zero-order valence-corrected chi connectivity index (χ0v) is 11.5. The molecule has 0 saturated carbocycles. The average molecular weight is 272 g/mol. The molecule has 4 heteroatoms. The van der Waals surface area contributed by atoms with Gasteiger partial charge in [-0.25, -0.2) is 0 Å². The molecule has 2 heterocycles. The van der Waals surface area contributed by atoms with E-state index in [4.69, 9.17) is 0 Å². The number of amides is 1. The van der Waals surface area contributed by atoms with E-state index in [2.05, 4.69) is 4.98 Å². The van der Waals surface area contributed by atoms with Crippen LogP contribution >= 0.6 is 0 Å². The van der Waals surface area contributed by atoms with E-state index in [0.29, 0.717) is 5.56 Å². The van der Waals surface area contributed by atoms with Gasteiger partial charge in [-0.05, 0) is 25.0 Å². The maximum Gasteiger partial charge on any atom is 0.256 e.